The second-order valence-electron chi connectivity index (χ2n) is 10.3. The van der Waals surface area contributed by atoms with Crippen LogP contribution in [0.2, 0.25) is 0 Å². The van der Waals surface area contributed by atoms with E-state index in [-0.39, 0.29) is 0 Å². The highest BCUT2D eigenvalue weighted by Gasteiger charge is 2.20. The summed E-state index contributed by atoms with van der Waals surface area (Å²) in [7, 11) is 4.49. The molecule has 2 heteroatoms. The monoisotopic (exact) mass is 428 g/mol. The van der Waals surface area contributed by atoms with E-state index in [1.54, 1.807) is 0 Å². The largest absolute Gasteiger partial charge is 0.140 e. The fraction of sp³-hybridized carbons (Fsp3) is 0.0625. The molecule has 0 aliphatic carbocycles. The SMILES string of the molecule is Bc1ccc2c3ccc4c5ccc(C)c6c(C)ccc(c7ccc(c8ccc(B)c1c28)c3c47)c65. The van der Waals surface area contributed by atoms with Gasteiger partial charge in [-0.25, -0.2) is 0 Å². The summed E-state index contributed by atoms with van der Waals surface area (Å²) in [6.07, 6.45) is 0. The maximum Gasteiger partial charge on any atom is 0.140 e. The van der Waals surface area contributed by atoms with Gasteiger partial charge in [0.15, 0.2) is 0 Å². The van der Waals surface area contributed by atoms with Gasteiger partial charge in [0, 0.05) is 0 Å². The molecule has 0 heterocycles. The molecule has 0 nitrogen and oxygen atoms in total. The van der Waals surface area contributed by atoms with Gasteiger partial charge in [0.05, 0.1) is 0 Å². The smallest absolute Gasteiger partial charge is 0.0818 e. The van der Waals surface area contributed by atoms with Gasteiger partial charge in [-0.1, -0.05) is 83.7 Å². The van der Waals surface area contributed by atoms with Gasteiger partial charge < -0.3 is 0 Å². The highest BCUT2D eigenvalue weighted by atomic mass is 14.2. The fourth-order valence-corrected chi connectivity index (χ4v) is 7.03. The predicted molar refractivity (Wildman–Crippen MR) is 157 cm³/mol. The first-order valence-corrected chi connectivity index (χ1v) is 12.2. The van der Waals surface area contributed by atoms with Crippen molar-refractivity contribution < 1.29 is 0 Å². The minimum Gasteiger partial charge on any atom is -0.0818 e. The lowest BCUT2D eigenvalue weighted by atomic mass is 9.77. The van der Waals surface area contributed by atoms with Crippen LogP contribution >= 0.6 is 0 Å². The van der Waals surface area contributed by atoms with Crippen molar-refractivity contribution in [2.75, 3.05) is 0 Å². The van der Waals surface area contributed by atoms with E-state index in [2.05, 4.69) is 102 Å². The van der Waals surface area contributed by atoms with E-state index < -0.39 is 0 Å². The highest BCUT2D eigenvalue weighted by molar-refractivity contribution is 6.52. The summed E-state index contributed by atoms with van der Waals surface area (Å²) in [5, 5.41) is 19.5. The molecule has 34 heavy (non-hydrogen) atoms. The molecule has 0 aliphatic heterocycles. The third-order valence-electron chi connectivity index (χ3n) is 8.48. The Bertz CT molecular complexity index is 1850. The number of hydrogen-bond acceptors (Lipinski definition) is 0. The van der Waals surface area contributed by atoms with E-state index >= 15 is 0 Å². The molecule has 0 spiro atoms. The Morgan fingerprint density at radius 1 is 0.324 bits per heavy atom. The molecule has 0 N–H and O–H groups in total. The number of benzene rings is 8. The van der Waals surface area contributed by atoms with Crippen LogP contribution in [-0.2, 0) is 0 Å². The van der Waals surface area contributed by atoms with Crippen LogP contribution in [0.4, 0.5) is 0 Å². The molecule has 0 atom stereocenters. The molecule has 0 saturated carbocycles. The van der Waals surface area contributed by atoms with E-state index in [0.29, 0.717) is 0 Å². The van der Waals surface area contributed by atoms with E-state index in [4.69, 9.17) is 0 Å². The van der Waals surface area contributed by atoms with Crippen LogP contribution in [0, 0.1) is 13.8 Å². The first kappa shape index (κ1) is 18.6. The molecule has 0 aliphatic rings. The Kier molecular flexibility index (Phi) is 3.30. The van der Waals surface area contributed by atoms with Crippen LogP contribution in [0.25, 0.3) is 75.4 Å². The molecule has 0 aromatic heterocycles. The quantitative estimate of drug-likeness (QED) is 0.164. The Labute approximate surface area is 199 Å². The predicted octanol–water partition coefficient (Wildman–Crippen LogP) is 5.77. The van der Waals surface area contributed by atoms with Gasteiger partial charge in [0.1, 0.15) is 15.7 Å². The van der Waals surface area contributed by atoms with Crippen molar-refractivity contribution in [3.05, 3.63) is 83.9 Å². The molecule has 0 radical (unpaired) electrons. The Hall–Kier alpha value is -3.77. The van der Waals surface area contributed by atoms with Crippen molar-refractivity contribution in [1.82, 2.24) is 0 Å². The maximum atomic E-state index is 2.38. The topological polar surface area (TPSA) is 0 Å². The van der Waals surface area contributed by atoms with Gasteiger partial charge >= 0.3 is 0 Å². The standard InChI is InChI=1S/C32H22B2/c1-15-3-5-17-19-7-9-21-23-11-13-25(33)32-26(34)14-12-24(31(23)32)22-10-8-20(29(19)30(21)22)18-6-4-16(2)27(15)28(17)18/h3-14H,33-34H2,1-2H3. The summed E-state index contributed by atoms with van der Waals surface area (Å²) in [6, 6.07) is 28.1. The number of hydrogen-bond donors (Lipinski definition) is 0. The molecule has 156 valence electrons. The molecule has 0 saturated heterocycles. The fourth-order valence-electron chi connectivity index (χ4n) is 7.03. The third kappa shape index (κ3) is 2.00. The van der Waals surface area contributed by atoms with Crippen molar-refractivity contribution >= 4 is 102 Å². The summed E-state index contributed by atoms with van der Waals surface area (Å²) in [6.45, 7) is 4.49. The summed E-state index contributed by atoms with van der Waals surface area (Å²) >= 11 is 0. The van der Waals surface area contributed by atoms with Crippen molar-refractivity contribution in [2.45, 2.75) is 13.8 Å². The van der Waals surface area contributed by atoms with Crippen LogP contribution in [0.5, 0.6) is 0 Å². The average Bonchev–Trinajstić information content (AvgIpc) is 2.84. The van der Waals surface area contributed by atoms with Gasteiger partial charge in [-0.05, 0) is 100 Å². The Morgan fingerprint density at radius 3 is 0.971 bits per heavy atom. The lowest BCUT2D eigenvalue weighted by Crippen LogP contribution is -2.15. The van der Waals surface area contributed by atoms with Gasteiger partial charge in [-0.15, -0.1) is 0 Å². The van der Waals surface area contributed by atoms with Crippen LogP contribution in [-0.4, -0.2) is 15.7 Å². The van der Waals surface area contributed by atoms with E-state index in [1.165, 1.54) is 97.5 Å². The van der Waals surface area contributed by atoms with E-state index in [1.807, 2.05) is 0 Å². The van der Waals surface area contributed by atoms with Gasteiger partial charge in [0.2, 0.25) is 0 Å². The molecule has 8 aromatic rings. The van der Waals surface area contributed by atoms with Crippen LogP contribution in [0.3, 0.4) is 0 Å². The second kappa shape index (κ2) is 6.02. The van der Waals surface area contributed by atoms with Gasteiger partial charge in [-0.2, -0.15) is 0 Å². The first-order valence-electron chi connectivity index (χ1n) is 12.2. The van der Waals surface area contributed by atoms with E-state index in [9.17, 15) is 0 Å². The minimum absolute atomic E-state index is 1.36. The summed E-state index contributed by atoms with van der Waals surface area (Å²) < 4.78 is 0. The highest BCUT2D eigenvalue weighted by Crippen LogP contribution is 2.47. The average molecular weight is 428 g/mol. The summed E-state index contributed by atoms with van der Waals surface area (Å²) in [4.78, 5) is 0. The molecule has 0 amide bonds. The summed E-state index contributed by atoms with van der Waals surface area (Å²) in [5.74, 6) is 0. The molecule has 0 unspecified atom stereocenters. The first-order chi connectivity index (χ1) is 16.5. The Morgan fingerprint density at radius 2 is 0.588 bits per heavy atom. The minimum atomic E-state index is 1.36. The number of rotatable bonds is 0. The zero-order chi connectivity index (χ0) is 22.9. The Balaban J connectivity index is 1.75. The molecule has 8 aromatic carbocycles. The van der Waals surface area contributed by atoms with Gasteiger partial charge in [-0.3, -0.25) is 0 Å². The van der Waals surface area contributed by atoms with E-state index in [0.717, 1.165) is 0 Å². The van der Waals surface area contributed by atoms with Crippen molar-refractivity contribution in [3.63, 3.8) is 0 Å². The normalized spacial score (nSPS) is 12.6. The molecular formula is C32H22B2. The van der Waals surface area contributed by atoms with Crippen LogP contribution in [0.1, 0.15) is 11.1 Å². The maximum absolute atomic E-state index is 2.38. The van der Waals surface area contributed by atoms with Crippen molar-refractivity contribution in [1.29, 1.82) is 0 Å². The van der Waals surface area contributed by atoms with Crippen LogP contribution < -0.4 is 10.9 Å². The molecule has 0 fully saturated rings. The third-order valence-corrected chi connectivity index (χ3v) is 8.48. The lowest BCUT2D eigenvalue weighted by Gasteiger charge is -2.21. The zero-order valence-electron chi connectivity index (χ0n) is 19.9. The molecule has 8 rings (SSSR count). The number of fused-ring (bicyclic) bond motifs is 4. The second-order valence-corrected chi connectivity index (χ2v) is 10.3. The summed E-state index contributed by atoms with van der Waals surface area (Å²) in [5.41, 5.74) is 5.44. The molecule has 0 bridgehead atoms. The van der Waals surface area contributed by atoms with Crippen molar-refractivity contribution in [2.24, 2.45) is 0 Å². The number of aryl methyl sites for hydroxylation is 2. The van der Waals surface area contributed by atoms with Crippen molar-refractivity contribution in [3.8, 4) is 0 Å². The lowest BCUT2D eigenvalue weighted by molar-refractivity contribution is 1.48. The zero-order valence-corrected chi connectivity index (χ0v) is 19.9. The molecular weight excluding hydrogens is 406 g/mol. The van der Waals surface area contributed by atoms with Crippen LogP contribution in [0.15, 0.2) is 72.8 Å². The van der Waals surface area contributed by atoms with Gasteiger partial charge in [0.25, 0.3) is 0 Å².